The zero-order chi connectivity index (χ0) is 37.6. The lowest BCUT2D eigenvalue weighted by molar-refractivity contribution is -0.126. The number of fused-ring (bicyclic) bond motifs is 1. The van der Waals surface area contributed by atoms with E-state index < -0.39 is 24.0 Å². The first-order valence-corrected chi connectivity index (χ1v) is 17.4. The van der Waals surface area contributed by atoms with Crippen molar-refractivity contribution in [3.05, 3.63) is 71.7 Å². The number of nitrogens with one attached hydrogen (secondary N) is 3. The van der Waals surface area contributed by atoms with Crippen LogP contribution in [-0.4, -0.2) is 94.2 Å². The first kappa shape index (κ1) is 37.3. The molecule has 4 heterocycles. The lowest BCUT2D eigenvalue weighted by atomic mass is 9.96. The fourth-order valence-corrected chi connectivity index (χ4v) is 6.26. The maximum absolute atomic E-state index is 14.9. The Balaban J connectivity index is 1.02. The van der Waals surface area contributed by atoms with Crippen LogP contribution in [0.25, 0.3) is 16.9 Å². The molecule has 17 heteroatoms. The molecule has 13 nitrogen and oxygen atoms in total. The van der Waals surface area contributed by atoms with Crippen LogP contribution in [0.15, 0.2) is 48.9 Å². The molecule has 2 aromatic heterocycles. The van der Waals surface area contributed by atoms with Crippen molar-refractivity contribution < 1.29 is 41.4 Å². The third kappa shape index (κ3) is 8.62. The minimum atomic E-state index is -3.31. The number of carbonyl (C=O) groups excluding carboxylic acids is 3. The summed E-state index contributed by atoms with van der Waals surface area (Å²) in [7, 11) is 0. The van der Waals surface area contributed by atoms with Crippen molar-refractivity contribution in [3.8, 4) is 17.0 Å². The maximum atomic E-state index is 14.9. The normalized spacial score (nSPS) is 15.6. The summed E-state index contributed by atoms with van der Waals surface area (Å²) < 4.78 is 65.4. The van der Waals surface area contributed by atoms with E-state index in [1.165, 1.54) is 23.0 Å². The third-order valence-electron chi connectivity index (χ3n) is 9.36. The highest BCUT2D eigenvalue weighted by atomic mass is 19.3. The van der Waals surface area contributed by atoms with Crippen molar-refractivity contribution in [1.29, 1.82) is 0 Å². The number of likely N-dealkylation sites (tertiary alicyclic amines) is 2. The Bertz CT molecular complexity index is 1970. The largest absolute Gasteiger partial charge is 0.433 e. The molecule has 3 amide bonds. The topological polar surface area (TPSA) is 142 Å². The molecule has 1 atom stereocenters. The standard InChI is InChI=1S/C36H40F4N8O5/c1-3-22-17-24(45-31-32-42-19-27(48(32)16-11-41-31)26-7-8-28(53-35(39)40)30(38)29(26)37)5-6-25(22)34(50)44-21(2)18-43-33(49)23-9-14-46(15-10-23)20-52-36(51)47-12-4-13-47/h5-8,11,16-17,19,21,23,35H,3-4,9-10,12-15,18,20H2,1-2H3,(H,41,45)(H,43,49)(H,44,50)/t21-/m0/s1. The van der Waals surface area contributed by atoms with Crippen LogP contribution in [0.5, 0.6) is 5.75 Å². The number of aromatic nitrogens is 3. The van der Waals surface area contributed by atoms with Gasteiger partial charge >= 0.3 is 12.7 Å². The summed E-state index contributed by atoms with van der Waals surface area (Å²) in [4.78, 5) is 50.4. The summed E-state index contributed by atoms with van der Waals surface area (Å²) in [6, 6.07) is 6.87. The quantitative estimate of drug-likeness (QED) is 0.155. The number of halogens is 4. The number of hydrogen-bond donors (Lipinski definition) is 3. The summed E-state index contributed by atoms with van der Waals surface area (Å²) in [5.74, 6) is -4.07. The number of ether oxygens (including phenoxy) is 2. The SMILES string of the molecule is CCc1cc(Nc2nccn3c(-c4ccc(OC(F)F)c(F)c4F)cnc23)ccc1C(=O)N[C@@H](C)CNC(=O)C1CCN(COC(=O)N2CCC2)CC1. The van der Waals surface area contributed by atoms with Crippen molar-refractivity contribution >= 4 is 35.1 Å². The molecule has 6 rings (SSSR count). The molecule has 0 spiro atoms. The lowest BCUT2D eigenvalue weighted by Crippen LogP contribution is -2.47. The van der Waals surface area contributed by atoms with E-state index in [9.17, 15) is 31.9 Å². The van der Waals surface area contributed by atoms with E-state index in [1.807, 2.05) is 18.7 Å². The van der Waals surface area contributed by atoms with Crippen LogP contribution >= 0.6 is 0 Å². The fourth-order valence-electron chi connectivity index (χ4n) is 6.26. The van der Waals surface area contributed by atoms with Gasteiger partial charge in [-0.1, -0.05) is 6.92 Å². The first-order chi connectivity index (χ1) is 25.5. The molecule has 0 unspecified atom stereocenters. The van der Waals surface area contributed by atoms with E-state index in [-0.39, 0.29) is 65.9 Å². The Morgan fingerprint density at radius 1 is 1.02 bits per heavy atom. The van der Waals surface area contributed by atoms with Crippen LogP contribution < -0.4 is 20.7 Å². The number of nitrogens with zero attached hydrogens (tertiary/aromatic N) is 5. The molecule has 3 N–H and O–H groups in total. The van der Waals surface area contributed by atoms with E-state index in [2.05, 4.69) is 30.7 Å². The van der Waals surface area contributed by atoms with Gasteiger partial charge in [-0.25, -0.2) is 19.2 Å². The highest BCUT2D eigenvalue weighted by Crippen LogP contribution is 2.32. The van der Waals surface area contributed by atoms with Crippen molar-refractivity contribution in [2.24, 2.45) is 5.92 Å². The molecule has 0 saturated carbocycles. The van der Waals surface area contributed by atoms with Crippen molar-refractivity contribution in [2.75, 3.05) is 44.8 Å². The molecule has 4 aromatic rings. The highest BCUT2D eigenvalue weighted by molar-refractivity contribution is 5.96. The molecular weight excluding hydrogens is 700 g/mol. The van der Waals surface area contributed by atoms with E-state index in [4.69, 9.17) is 4.74 Å². The van der Waals surface area contributed by atoms with E-state index in [0.717, 1.165) is 37.2 Å². The average molecular weight is 741 g/mol. The second kappa shape index (κ2) is 16.5. The molecule has 2 fully saturated rings. The van der Waals surface area contributed by atoms with E-state index >= 15 is 0 Å². The second-order valence-electron chi connectivity index (χ2n) is 13.0. The fraction of sp³-hybridized carbons (Fsp3) is 0.417. The van der Waals surface area contributed by atoms with Crippen molar-refractivity contribution in [1.82, 2.24) is 34.8 Å². The number of imidazole rings is 1. The van der Waals surface area contributed by atoms with Gasteiger partial charge in [0.1, 0.15) is 6.73 Å². The molecule has 282 valence electrons. The summed E-state index contributed by atoms with van der Waals surface area (Å²) >= 11 is 0. The minimum Gasteiger partial charge on any atom is -0.433 e. The van der Waals surface area contributed by atoms with Crippen LogP contribution in [0.4, 0.5) is 33.9 Å². The minimum absolute atomic E-state index is 0.0733. The molecule has 2 aliphatic rings. The Kier molecular flexibility index (Phi) is 11.6. The number of aryl methyl sites for hydroxylation is 1. The zero-order valence-corrected chi connectivity index (χ0v) is 29.2. The number of benzene rings is 2. The summed E-state index contributed by atoms with van der Waals surface area (Å²) in [5, 5.41) is 9.07. The molecule has 0 aliphatic carbocycles. The van der Waals surface area contributed by atoms with Gasteiger partial charge in [0.05, 0.1) is 11.9 Å². The van der Waals surface area contributed by atoms with Gasteiger partial charge in [0, 0.05) is 73.9 Å². The van der Waals surface area contributed by atoms with Crippen LogP contribution in [0.3, 0.4) is 0 Å². The van der Waals surface area contributed by atoms with Crippen LogP contribution in [0.2, 0.25) is 0 Å². The molecular formula is C36H40F4N8O5. The number of hydrogen-bond acceptors (Lipinski definition) is 9. The predicted octanol–water partition coefficient (Wildman–Crippen LogP) is 5.33. The number of piperidine rings is 1. The first-order valence-electron chi connectivity index (χ1n) is 17.4. The van der Waals surface area contributed by atoms with Crippen LogP contribution in [0.1, 0.15) is 49.0 Å². The molecule has 53 heavy (non-hydrogen) atoms. The molecule has 0 radical (unpaired) electrons. The van der Waals surface area contributed by atoms with Gasteiger partial charge in [-0.05, 0) is 68.5 Å². The summed E-state index contributed by atoms with van der Waals surface area (Å²) in [5.41, 5.74) is 2.01. The van der Waals surface area contributed by atoms with Crippen molar-refractivity contribution in [2.45, 2.75) is 52.2 Å². The molecule has 2 aliphatic heterocycles. The Hall–Kier alpha value is -5.45. The molecule has 2 saturated heterocycles. The zero-order valence-electron chi connectivity index (χ0n) is 29.2. The Labute approximate surface area is 302 Å². The number of rotatable bonds is 13. The van der Waals surface area contributed by atoms with Gasteiger partial charge in [0.25, 0.3) is 5.91 Å². The Morgan fingerprint density at radius 2 is 1.79 bits per heavy atom. The summed E-state index contributed by atoms with van der Waals surface area (Å²) in [6.07, 6.45) is 6.77. The Morgan fingerprint density at radius 3 is 2.49 bits per heavy atom. The van der Waals surface area contributed by atoms with Gasteiger partial charge in [-0.3, -0.25) is 18.9 Å². The van der Waals surface area contributed by atoms with E-state index in [1.54, 1.807) is 23.1 Å². The molecule has 2 aromatic carbocycles. The average Bonchev–Trinajstić information content (AvgIpc) is 3.56. The third-order valence-corrected chi connectivity index (χ3v) is 9.36. The summed E-state index contributed by atoms with van der Waals surface area (Å²) in [6.45, 7) is 3.65. The van der Waals surface area contributed by atoms with Gasteiger partial charge in [-0.2, -0.15) is 13.2 Å². The van der Waals surface area contributed by atoms with Gasteiger partial charge in [0.15, 0.2) is 23.0 Å². The second-order valence-corrected chi connectivity index (χ2v) is 13.0. The van der Waals surface area contributed by atoms with Crippen LogP contribution in [-0.2, 0) is 16.0 Å². The smallest absolute Gasteiger partial charge is 0.411 e. The maximum Gasteiger partial charge on any atom is 0.411 e. The molecule has 0 bridgehead atoms. The monoisotopic (exact) mass is 740 g/mol. The number of anilines is 2. The predicted molar refractivity (Wildman–Crippen MR) is 186 cm³/mol. The van der Waals surface area contributed by atoms with E-state index in [0.29, 0.717) is 43.6 Å². The van der Waals surface area contributed by atoms with Gasteiger partial charge < -0.3 is 30.3 Å². The number of alkyl halides is 2. The van der Waals surface area contributed by atoms with Crippen LogP contribution in [0, 0.1) is 17.6 Å². The number of carbonyl (C=O) groups is 3. The van der Waals surface area contributed by atoms with Crippen molar-refractivity contribution in [3.63, 3.8) is 0 Å². The van der Waals surface area contributed by atoms with Gasteiger partial charge in [-0.15, -0.1) is 0 Å². The lowest BCUT2D eigenvalue weighted by Gasteiger charge is -2.33. The van der Waals surface area contributed by atoms with Gasteiger partial charge in [0.2, 0.25) is 11.7 Å². The number of amides is 3. The highest BCUT2D eigenvalue weighted by Gasteiger charge is 2.28.